The highest BCUT2D eigenvalue weighted by molar-refractivity contribution is 9.10. The van der Waals surface area contributed by atoms with Gasteiger partial charge in [-0.3, -0.25) is 11.3 Å². The molecule has 1 fully saturated rings. The number of rotatable bonds is 4. The van der Waals surface area contributed by atoms with Crippen molar-refractivity contribution in [2.24, 2.45) is 17.7 Å². The molecule has 1 aliphatic rings. The average molecular weight is 346 g/mol. The largest absolute Gasteiger partial charge is 0.271 e. The predicted octanol–water partition coefficient (Wildman–Crippen LogP) is 4.82. The van der Waals surface area contributed by atoms with Crippen molar-refractivity contribution in [3.8, 4) is 0 Å². The second-order valence-corrected chi connectivity index (χ2v) is 6.82. The van der Waals surface area contributed by atoms with Crippen molar-refractivity contribution >= 4 is 27.5 Å². The van der Waals surface area contributed by atoms with Crippen LogP contribution in [0.1, 0.15) is 50.6 Å². The molecule has 3 N–H and O–H groups in total. The van der Waals surface area contributed by atoms with E-state index < -0.39 is 0 Å². The maximum absolute atomic E-state index is 6.33. The molecule has 1 aromatic carbocycles. The molecule has 1 atom stereocenters. The summed E-state index contributed by atoms with van der Waals surface area (Å²) in [5.41, 5.74) is 4.09. The fourth-order valence-corrected chi connectivity index (χ4v) is 3.78. The van der Waals surface area contributed by atoms with Gasteiger partial charge < -0.3 is 0 Å². The van der Waals surface area contributed by atoms with Crippen molar-refractivity contribution in [3.63, 3.8) is 0 Å². The highest BCUT2D eigenvalue weighted by Gasteiger charge is 2.28. The molecule has 106 valence electrons. The standard InChI is InChI=1S/C15H22BrClN2/c1-2-10-3-5-11(6-4-10)15(19-18)13-9-12(16)7-8-14(13)17/h7-11,15,19H,2-6,18H2,1H3. The zero-order valence-electron chi connectivity index (χ0n) is 11.3. The van der Waals surface area contributed by atoms with Gasteiger partial charge >= 0.3 is 0 Å². The van der Waals surface area contributed by atoms with Gasteiger partial charge in [-0.25, -0.2) is 0 Å². The molecule has 0 bridgehead atoms. The van der Waals surface area contributed by atoms with Gasteiger partial charge in [0, 0.05) is 9.50 Å². The second-order valence-electron chi connectivity index (χ2n) is 5.50. The van der Waals surface area contributed by atoms with Crippen LogP contribution in [0.25, 0.3) is 0 Å². The maximum atomic E-state index is 6.33. The van der Waals surface area contributed by atoms with Gasteiger partial charge in [-0.2, -0.15) is 0 Å². The van der Waals surface area contributed by atoms with Crippen molar-refractivity contribution in [2.45, 2.75) is 45.1 Å². The molecule has 0 radical (unpaired) electrons. The first-order valence-electron chi connectivity index (χ1n) is 7.06. The summed E-state index contributed by atoms with van der Waals surface area (Å²) in [6.07, 6.45) is 6.38. The minimum absolute atomic E-state index is 0.155. The van der Waals surface area contributed by atoms with Crippen LogP contribution < -0.4 is 11.3 Å². The molecule has 0 aromatic heterocycles. The zero-order chi connectivity index (χ0) is 13.8. The smallest absolute Gasteiger partial charge is 0.0503 e. The van der Waals surface area contributed by atoms with Gasteiger partial charge in [0.1, 0.15) is 0 Å². The molecule has 2 nitrogen and oxygen atoms in total. The predicted molar refractivity (Wildman–Crippen MR) is 85.0 cm³/mol. The number of nitrogens with one attached hydrogen (secondary N) is 1. The summed E-state index contributed by atoms with van der Waals surface area (Å²) in [5, 5.41) is 0.795. The van der Waals surface area contributed by atoms with Gasteiger partial charge in [0.25, 0.3) is 0 Å². The number of hydrogen-bond acceptors (Lipinski definition) is 2. The van der Waals surface area contributed by atoms with Crippen LogP contribution in [0.3, 0.4) is 0 Å². The maximum Gasteiger partial charge on any atom is 0.0503 e. The Hall–Kier alpha value is -0.0900. The van der Waals surface area contributed by atoms with E-state index in [4.69, 9.17) is 17.4 Å². The number of benzene rings is 1. The number of halogens is 2. The molecule has 1 aromatic rings. The van der Waals surface area contributed by atoms with Crippen LogP contribution in [-0.4, -0.2) is 0 Å². The molecule has 1 saturated carbocycles. The average Bonchev–Trinajstić information content (AvgIpc) is 2.44. The normalized spacial score (nSPS) is 25.3. The number of hydrogen-bond donors (Lipinski definition) is 2. The van der Waals surface area contributed by atoms with Crippen LogP contribution >= 0.6 is 27.5 Å². The summed E-state index contributed by atoms with van der Waals surface area (Å²) in [6.45, 7) is 2.29. The van der Waals surface area contributed by atoms with Crippen molar-refractivity contribution in [1.29, 1.82) is 0 Å². The molecule has 1 aliphatic carbocycles. The zero-order valence-corrected chi connectivity index (χ0v) is 13.7. The fourth-order valence-electron chi connectivity index (χ4n) is 3.16. The van der Waals surface area contributed by atoms with Gasteiger partial charge in [0.15, 0.2) is 0 Å². The number of nitrogens with two attached hydrogens (primary N) is 1. The Bertz CT molecular complexity index is 417. The third-order valence-electron chi connectivity index (χ3n) is 4.41. The first-order valence-corrected chi connectivity index (χ1v) is 8.23. The van der Waals surface area contributed by atoms with Gasteiger partial charge in [0.05, 0.1) is 6.04 Å². The quantitative estimate of drug-likeness (QED) is 0.606. The summed E-state index contributed by atoms with van der Waals surface area (Å²) >= 11 is 9.84. The van der Waals surface area contributed by atoms with E-state index >= 15 is 0 Å². The fraction of sp³-hybridized carbons (Fsp3) is 0.600. The lowest BCUT2D eigenvalue weighted by atomic mass is 9.76. The summed E-state index contributed by atoms with van der Waals surface area (Å²) in [7, 11) is 0. The van der Waals surface area contributed by atoms with Crippen LogP contribution in [-0.2, 0) is 0 Å². The molecule has 0 saturated heterocycles. The summed E-state index contributed by atoms with van der Waals surface area (Å²) in [6, 6.07) is 6.14. The van der Waals surface area contributed by atoms with E-state index in [0.717, 1.165) is 21.0 Å². The van der Waals surface area contributed by atoms with E-state index in [9.17, 15) is 0 Å². The van der Waals surface area contributed by atoms with Crippen molar-refractivity contribution in [1.82, 2.24) is 5.43 Å². The Morgan fingerprint density at radius 2 is 2.05 bits per heavy atom. The third kappa shape index (κ3) is 3.72. The lowest BCUT2D eigenvalue weighted by Crippen LogP contribution is -2.35. The monoisotopic (exact) mass is 344 g/mol. The molecule has 0 heterocycles. The van der Waals surface area contributed by atoms with E-state index in [2.05, 4.69) is 34.3 Å². The molecule has 19 heavy (non-hydrogen) atoms. The highest BCUT2D eigenvalue weighted by atomic mass is 79.9. The van der Waals surface area contributed by atoms with E-state index in [1.807, 2.05) is 12.1 Å². The van der Waals surface area contributed by atoms with Crippen LogP contribution in [0, 0.1) is 11.8 Å². The van der Waals surface area contributed by atoms with Crippen molar-refractivity contribution < 1.29 is 0 Å². The molecule has 4 heteroatoms. The lowest BCUT2D eigenvalue weighted by molar-refractivity contribution is 0.219. The first kappa shape index (κ1) is 15.3. The summed E-state index contributed by atoms with van der Waals surface area (Å²) < 4.78 is 1.05. The molecule has 1 unspecified atom stereocenters. The molecule has 0 spiro atoms. The Labute approximate surface area is 129 Å². The summed E-state index contributed by atoms with van der Waals surface area (Å²) in [4.78, 5) is 0. The Balaban J connectivity index is 2.14. The van der Waals surface area contributed by atoms with Crippen LogP contribution in [0.15, 0.2) is 22.7 Å². The van der Waals surface area contributed by atoms with Gasteiger partial charge in [-0.1, -0.05) is 53.7 Å². The van der Waals surface area contributed by atoms with Crippen LogP contribution in [0.5, 0.6) is 0 Å². The van der Waals surface area contributed by atoms with Crippen molar-refractivity contribution in [3.05, 3.63) is 33.3 Å². The molecule has 0 amide bonds. The minimum atomic E-state index is 0.155. The van der Waals surface area contributed by atoms with Crippen molar-refractivity contribution in [2.75, 3.05) is 0 Å². The van der Waals surface area contributed by atoms with Crippen LogP contribution in [0.2, 0.25) is 5.02 Å². The Morgan fingerprint density at radius 1 is 1.37 bits per heavy atom. The number of hydrazine groups is 1. The second kappa shape index (κ2) is 7.07. The minimum Gasteiger partial charge on any atom is -0.271 e. The Morgan fingerprint density at radius 3 is 2.63 bits per heavy atom. The SMILES string of the molecule is CCC1CCC(C(NN)c2cc(Br)ccc2Cl)CC1. The van der Waals surface area contributed by atoms with Crippen LogP contribution in [0.4, 0.5) is 0 Å². The topological polar surface area (TPSA) is 38.0 Å². The third-order valence-corrected chi connectivity index (χ3v) is 5.25. The molecule has 2 rings (SSSR count). The van der Waals surface area contributed by atoms with Gasteiger partial charge in [-0.15, -0.1) is 0 Å². The first-order chi connectivity index (χ1) is 9.15. The summed E-state index contributed by atoms with van der Waals surface area (Å²) in [5.74, 6) is 7.28. The molecular weight excluding hydrogens is 324 g/mol. The Kier molecular flexibility index (Phi) is 5.70. The van der Waals surface area contributed by atoms with Gasteiger partial charge in [0.2, 0.25) is 0 Å². The molecular formula is C15H22BrClN2. The van der Waals surface area contributed by atoms with E-state index in [1.165, 1.54) is 32.1 Å². The lowest BCUT2D eigenvalue weighted by Gasteiger charge is -2.34. The molecule has 0 aliphatic heterocycles. The van der Waals surface area contributed by atoms with E-state index in [-0.39, 0.29) is 6.04 Å². The van der Waals surface area contributed by atoms with E-state index in [0.29, 0.717) is 5.92 Å². The van der Waals surface area contributed by atoms with E-state index in [1.54, 1.807) is 0 Å². The highest BCUT2D eigenvalue weighted by Crippen LogP contribution is 2.40. The van der Waals surface area contributed by atoms with Gasteiger partial charge in [-0.05, 0) is 48.4 Å².